The normalized spacial score (nSPS) is 10.3. The Morgan fingerprint density at radius 3 is 2.29 bits per heavy atom. The van der Waals surface area contributed by atoms with E-state index in [1.54, 1.807) is 0 Å². The zero-order valence-corrected chi connectivity index (χ0v) is 10.1. The van der Waals surface area contributed by atoms with Gasteiger partial charge in [0, 0.05) is 17.8 Å². The number of anilines is 1. The minimum atomic E-state index is -0.554. The lowest BCUT2D eigenvalue weighted by Crippen LogP contribution is -2.11. The van der Waals surface area contributed by atoms with Crippen molar-refractivity contribution in [1.82, 2.24) is 0 Å². The molecule has 0 unspecified atom stereocenters. The second kappa shape index (κ2) is 5.84. The highest BCUT2D eigenvalue weighted by atomic mass is 16.5. The molecule has 1 aromatic carbocycles. The highest BCUT2D eigenvalue weighted by Gasteiger charge is 2.04. The van der Waals surface area contributed by atoms with Crippen molar-refractivity contribution >= 4 is 17.6 Å². The van der Waals surface area contributed by atoms with E-state index in [0.29, 0.717) is 0 Å². The number of esters is 1. The zero-order valence-electron chi connectivity index (χ0n) is 10.1. The standard InChI is InChI=1S/C13H15NO3/c1-9-5-4-6-10(2)13(9)14-11(15)7-8-12(16)17-3/h4-8H,1-3H3,(H,14,15)/b8-7-. The molecule has 1 amide bonds. The maximum atomic E-state index is 11.5. The van der Waals surface area contributed by atoms with Gasteiger partial charge >= 0.3 is 5.97 Å². The first-order chi connectivity index (χ1) is 8.04. The summed E-state index contributed by atoms with van der Waals surface area (Å²) < 4.78 is 4.39. The third-order valence-corrected chi connectivity index (χ3v) is 2.30. The van der Waals surface area contributed by atoms with Gasteiger partial charge in [-0.15, -0.1) is 0 Å². The largest absolute Gasteiger partial charge is 0.466 e. The van der Waals surface area contributed by atoms with Crippen LogP contribution in [0.4, 0.5) is 5.69 Å². The van der Waals surface area contributed by atoms with Crippen molar-refractivity contribution in [3.63, 3.8) is 0 Å². The van der Waals surface area contributed by atoms with Crippen LogP contribution in [-0.4, -0.2) is 19.0 Å². The summed E-state index contributed by atoms with van der Waals surface area (Å²) in [5.74, 6) is -0.908. The third kappa shape index (κ3) is 3.75. The summed E-state index contributed by atoms with van der Waals surface area (Å²) in [6.07, 6.45) is 2.24. The van der Waals surface area contributed by atoms with Gasteiger partial charge in [-0.3, -0.25) is 4.79 Å². The molecule has 0 bridgehead atoms. The first-order valence-electron chi connectivity index (χ1n) is 5.18. The fourth-order valence-corrected chi connectivity index (χ4v) is 1.39. The van der Waals surface area contributed by atoms with Crippen molar-refractivity contribution < 1.29 is 14.3 Å². The molecule has 0 heterocycles. The van der Waals surface area contributed by atoms with E-state index in [1.165, 1.54) is 7.11 Å². The van der Waals surface area contributed by atoms with Gasteiger partial charge in [0.1, 0.15) is 0 Å². The number of ether oxygens (including phenoxy) is 1. The number of carbonyl (C=O) groups is 2. The molecule has 0 aliphatic rings. The summed E-state index contributed by atoms with van der Waals surface area (Å²) in [4.78, 5) is 22.3. The number of carbonyl (C=O) groups excluding carboxylic acids is 2. The first-order valence-corrected chi connectivity index (χ1v) is 5.18. The molecule has 0 fully saturated rings. The van der Waals surface area contributed by atoms with E-state index in [-0.39, 0.29) is 5.91 Å². The van der Waals surface area contributed by atoms with Crippen LogP contribution in [0.5, 0.6) is 0 Å². The zero-order chi connectivity index (χ0) is 12.8. The number of benzene rings is 1. The van der Waals surface area contributed by atoms with Crippen molar-refractivity contribution in [3.05, 3.63) is 41.5 Å². The fraction of sp³-hybridized carbons (Fsp3) is 0.231. The Morgan fingerprint density at radius 2 is 1.76 bits per heavy atom. The van der Waals surface area contributed by atoms with Crippen LogP contribution in [0.25, 0.3) is 0 Å². The molecule has 4 nitrogen and oxygen atoms in total. The molecule has 0 radical (unpaired) electrons. The van der Waals surface area contributed by atoms with Crippen molar-refractivity contribution in [3.8, 4) is 0 Å². The summed E-state index contributed by atoms with van der Waals surface area (Å²) in [5.41, 5.74) is 2.72. The van der Waals surface area contributed by atoms with Crippen molar-refractivity contribution in [1.29, 1.82) is 0 Å². The summed E-state index contributed by atoms with van der Waals surface area (Å²) >= 11 is 0. The molecule has 0 aromatic heterocycles. The maximum Gasteiger partial charge on any atom is 0.330 e. The lowest BCUT2D eigenvalue weighted by Gasteiger charge is -2.09. The van der Waals surface area contributed by atoms with Crippen LogP contribution < -0.4 is 5.32 Å². The predicted molar refractivity (Wildman–Crippen MR) is 65.7 cm³/mol. The molecule has 0 spiro atoms. The van der Waals surface area contributed by atoms with E-state index in [4.69, 9.17) is 0 Å². The Kier molecular flexibility index (Phi) is 4.46. The van der Waals surface area contributed by atoms with Crippen molar-refractivity contribution in [2.45, 2.75) is 13.8 Å². The van der Waals surface area contributed by atoms with Crippen LogP contribution in [0.1, 0.15) is 11.1 Å². The Hall–Kier alpha value is -2.10. The van der Waals surface area contributed by atoms with Crippen LogP contribution in [0.2, 0.25) is 0 Å². The summed E-state index contributed by atoms with van der Waals surface area (Å²) in [7, 11) is 1.26. The van der Waals surface area contributed by atoms with E-state index >= 15 is 0 Å². The molecule has 0 saturated heterocycles. The van der Waals surface area contributed by atoms with Crippen LogP contribution in [0.15, 0.2) is 30.4 Å². The molecule has 0 aliphatic carbocycles. The molecule has 1 N–H and O–H groups in total. The summed E-state index contributed by atoms with van der Waals surface area (Å²) in [6, 6.07) is 5.74. The first kappa shape index (κ1) is 13.0. The minimum absolute atomic E-state index is 0.354. The number of aryl methyl sites for hydroxylation is 2. The second-order valence-corrected chi connectivity index (χ2v) is 3.61. The lowest BCUT2D eigenvalue weighted by atomic mass is 10.1. The minimum Gasteiger partial charge on any atom is -0.466 e. The highest BCUT2D eigenvalue weighted by molar-refractivity contribution is 6.03. The number of amides is 1. The molecule has 4 heteroatoms. The fourth-order valence-electron chi connectivity index (χ4n) is 1.39. The molecule has 17 heavy (non-hydrogen) atoms. The summed E-state index contributed by atoms with van der Waals surface area (Å²) in [6.45, 7) is 3.82. The predicted octanol–water partition coefficient (Wildman–Crippen LogP) is 1.97. The number of nitrogens with one attached hydrogen (secondary N) is 1. The average molecular weight is 233 g/mol. The molecule has 1 rings (SSSR count). The molecular formula is C13H15NO3. The number of rotatable bonds is 3. The van der Waals surface area contributed by atoms with Crippen LogP contribution in [0, 0.1) is 13.8 Å². The SMILES string of the molecule is COC(=O)/C=C\C(=O)Nc1c(C)cccc1C. The molecule has 90 valence electrons. The summed E-state index contributed by atoms with van der Waals surface area (Å²) in [5, 5.41) is 2.72. The Bertz CT molecular complexity index is 443. The van der Waals surface area contributed by atoms with Gasteiger partial charge < -0.3 is 10.1 Å². The van der Waals surface area contributed by atoms with Gasteiger partial charge in [0.15, 0.2) is 0 Å². The van der Waals surface area contributed by atoms with Crippen LogP contribution >= 0.6 is 0 Å². The van der Waals surface area contributed by atoms with Crippen molar-refractivity contribution in [2.24, 2.45) is 0 Å². The van der Waals surface area contributed by atoms with E-state index in [0.717, 1.165) is 29.0 Å². The lowest BCUT2D eigenvalue weighted by molar-refractivity contribution is -0.135. The number of hydrogen-bond donors (Lipinski definition) is 1. The molecular weight excluding hydrogens is 218 g/mol. The van der Waals surface area contributed by atoms with Gasteiger partial charge in [0.05, 0.1) is 7.11 Å². The van der Waals surface area contributed by atoms with Gasteiger partial charge in [0.2, 0.25) is 5.91 Å². The average Bonchev–Trinajstić information content (AvgIpc) is 2.31. The van der Waals surface area contributed by atoms with E-state index in [9.17, 15) is 9.59 Å². The molecule has 0 aliphatic heterocycles. The van der Waals surface area contributed by atoms with Gasteiger partial charge in [-0.1, -0.05) is 18.2 Å². The highest BCUT2D eigenvalue weighted by Crippen LogP contribution is 2.19. The topological polar surface area (TPSA) is 55.4 Å². The third-order valence-electron chi connectivity index (χ3n) is 2.30. The second-order valence-electron chi connectivity index (χ2n) is 3.61. The van der Waals surface area contributed by atoms with Gasteiger partial charge in [-0.2, -0.15) is 0 Å². The monoisotopic (exact) mass is 233 g/mol. The Labute approximate surface area is 100 Å². The van der Waals surface area contributed by atoms with Gasteiger partial charge in [-0.25, -0.2) is 4.79 Å². The molecule has 0 atom stereocenters. The Morgan fingerprint density at radius 1 is 1.18 bits per heavy atom. The number of hydrogen-bond acceptors (Lipinski definition) is 3. The Balaban J connectivity index is 2.75. The molecule has 1 aromatic rings. The van der Waals surface area contributed by atoms with E-state index in [2.05, 4.69) is 10.1 Å². The van der Waals surface area contributed by atoms with E-state index < -0.39 is 5.97 Å². The smallest absolute Gasteiger partial charge is 0.330 e. The van der Waals surface area contributed by atoms with Gasteiger partial charge in [-0.05, 0) is 25.0 Å². The van der Waals surface area contributed by atoms with Crippen LogP contribution in [-0.2, 0) is 14.3 Å². The van der Waals surface area contributed by atoms with Gasteiger partial charge in [0.25, 0.3) is 0 Å². The maximum absolute atomic E-state index is 11.5. The molecule has 0 saturated carbocycles. The quantitative estimate of drug-likeness (QED) is 0.641. The number of methoxy groups -OCH3 is 1. The van der Waals surface area contributed by atoms with Crippen LogP contribution in [0.3, 0.4) is 0 Å². The van der Waals surface area contributed by atoms with Crippen molar-refractivity contribution in [2.75, 3.05) is 12.4 Å². The number of para-hydroxylation sites is 1. The van der Waals surface area contributed by atoms with E-state index in [1.807, 2.05) is 32.0 Å².